The molecule has 1 fully saturated rings. The minimum absolute atomic E-state index is 0.0926. The van der Waals surface area contributed by atoms with Gasteiger partial charge in [-0.15, -0.1) is 0 Å². The lowest BCUT2D eigenvalue weighted by molar-refractivity contribution is -0.121. The predicted octanol–water partition coefficient (Wildman–Crippen LogP) is 1.75. The first kappa shape index (κ1) is 15.7. The molecule has 0 aliphatic carbocycles. The Labute approximate surface area is 134 Å². The number of amides is 1. The molecule has 7 heteroatoms. The summed E-state index contributed by atoms with van der Waals surface area (Å²) in [5.41, 5.74) is 5.42. The van der Waals surface area contributed by atoms with Crippen LogP contribution in [0.2, 0.25) is 0 Å². The fourth-order valence-corrected chi connectivity index (χ4v) is 4.84. The zero-order chi connectivity index (χ0) is 16.4. The van der Waals surface area contributed by atoms with Crippen LogP contribution in [-0.4, -0.2) is 37.0 Å². The molecule has 1 aliphatic heterocycles. The second-order valence-electron chi connectivity index (χ2n) is 5.98. The van der Waals surface area contributed by atoms with Crippen molar-refractivity contribution >= 4 is 32.9 Å². The van der Waals surface area contributed by atoms with Crippen molar-refractivity contribution in [2.45, 2.75) is 19.8 Å². The van der Waals surface area contributed by atoms with Crippen molar-refractivity contribution < 1.29 is 13.2 Å². The molecule has 2 aromatic rings. The number of H-pyrrole nitrogens is 1. The average molecular weight is 333 g/mol. The quantitative estimate of drug-likeness (QED) is 0.659. The van der Waals surface area contributed by atoms with Crippen LogP contribution >= 0.6 is 0 Å². The number of hydrogen-bond acceptors (Lipinski definition) is 4. The molecule has 1 aromatic carbocycles. The first-order valence-corrected chi connectivity index (χ1v) is 9.36. The molecule has 0 unspecified atom stereocenters. The van der Waals surface area contributed by atoms with Gasteiger partial charge in [-0.05, 0) is 25.3 Å². The van der Waals surface area contributed by atoms with E-state index in [1.807, 2.05) is 31.2 Å². The van der Waals surface area contributed by atoms with Gasteiger partial charge < -0.3 is 4.98 Å². The number of sulfone groups is 1. The van der Waals surface area contributed by atoms with Crippen LogP contribution in [0.3, 0.4) is 0 Å². The summed E-state index contributed by atoms with van der Waals surface area (Å²) in [6.07, 6.45) is 2.38. The Kier molecular flexibility index (Phi) is 4.21. The van der Waals surface area contributed by atoms with Crippen molar-refractivity contribution in [2.75, 3.05) is 11.5 Å². The topological polar surface area (TPSA) is 91.4 Å². The number of carbonyl (C=O) groups is 1. The minimum Gasteiger partial charge on any atom is -0.358 e. The lowest BCUT2D eigenvalue weighted by Gasteiger charge is -2.05. The molecule has 2 N–H and O–H groups in total. The highest BCUT2D eigenvalue weighted by atomic mass is 32.2. The molecule has 1 saturated heterocycles. The van der Waals surface area contributed by atoms with Crippen LogP contribution in [0.5, 0.6) is 0 Å². The summed E-state index contributed by atoms with van der Waals surface area (Å²) in [7, 11) is -2.95. The van der Waals surface area contributed by atoms with E-state index in [9.17, 15) is 13.2 Å². The molecule has 1 atom stereocenters. The average Bonchev–Trinajstić information content (AvgIpc) is 2.99. The normalized spacial score (nSPS) is 20.3. The molecule has 0 radical (unpaired) electrons. The first-order chi connectivity index (χ1) is 10.9. The Balaban J connectivity index is 1.62. The number of rotatable bonds is 4. The number of para-hydroxylation sites is 1. The maximum Gasteiger partial charge on any atom is 0.240 e. The zero-order valence-corrected chi connectivity index (χ0v) is 13.7. The third-order valence-corrected chi connectivity index (χ3v) is 5.96. The molecule has 0 spiro atoms. The van der Waals surface area contributed by atoms with Crippen molar-refractivity contribution in [3.8, 4) is 0 Å². The molecule has 0 bridgehead atoms. The van der Waals surface area contributed by atoms with Crippen LogP contribution in [-0.2, 0) is 14.6 Å². The maximum absolute atomic E-state index is 11.9. The third-order valence-electron chi connectivity index (χ3n) is 4.13. The summed E-state index contributed by atoms with van der Waals surface area (Å²) in [6.45, 7) is 1.95. The fourth-order valence-electron chi connectivity index (χ4n) is 2.97. The van der Waals surface area contributed by atoms with E-state index in [0.717, 1.165) is 22.2 Å². The molecule has 23 heavy (non-hydrogen) atoms. The number of carbonyl (C=O) groups excluding carboxylic acids is 1. The van der Waals surface area contributed by atoms with Crippen molar-refractivity contribution in [1.82, 2.24) is 10.4 Å². The van der Waals surface area contributed by atoms with Crippen LogP contribution in [0.1, 0.15) is 24.1 Å². The van der Waals surface area contributed by atoms with Crippen LogP contribution in [0.15, 0.2) is 29.4 Å². The van der Waals surface area contributed by atoms with Gasteiger partial charge in [0.25, 0.3) is 0 Å². The maximum atomic E-state index is 11.9. The summed E-state index contributed by atoms with van der Waals surface area (Å²) in [5, 5.41) is 5.06. The lowest BCUT2D eigenvalue weighted by atomic mass is 10.1. The Morgan fingerprint density at radius 2 is 2.22 bits per heavy atom. The number of aromatic amines is 1. The van der Waals surface area contributed by atoms with E-state index >= 15 is 0 Å². The summed E-state index contributed by atoms with van der Waals surface area (Å²) in [6, 6.07) is 7.88. The molecule has 0 saturated carbocycles. The molecule has 6 nitrogen and oxygen atoms in total. The zero-order valence-electron chi connectivity index (χ0n) is 12.9. The first-order valence-electron chi connectivity index (χ1n) is 7.54. The highest BCUT2D eigenvalue weighted by molar-refractivity contribution is 7.91. The van der Waals surface area contributed by atoms with Crippen molar-refractivity contribution in [3.05, 3.63) is 35.5 Å². The second kappa shape index (κ2) is 6.16. The third kappa shape index (κ3) is 3.61. The fraction of sp³-hybridized carbons (Fsp3) is 0.375. The van der Waals surface area contributed by atoms with Crippen molar-refractivity contribution in [3.63, 3.8) is 0 Å². The van der Waals surface area contributed by atoms with E-state index in [1.54, 1.807) is 6.21 Å². The van der Waals surface area contributed by atoms with Crippen LogP contribution < -0.4 is 5.43 Å². The van der Waals surface area contributed by atoms with Gasteiger partial charge in [-0.3, -0.25) is 4.79 Å². The Morgan fingerprint density at radius 3 is 2.96 bits per heavy atom. The number of aromatic nitrogens is 1. The van der Waals surface area contributed by atoms with Gasteiger partial charge in [-0.1, -0.05) is 18.2 Å². The van der Waals surface area contributed by atoms with Crippen LogP contribution in [0, 0.1) is 12.8 Å². The molecular weight excluding hydrogens is 314 g/mol. The SMILES string of the molecule is Cc1[nH]c2ccccc2c1/C=N/NC(=O)C[C@H]1CCS(=O)(=O)C1. The van der Waals surface area contributed by atoms with E-state index < -0.39 is 9.84 Å². The van der Waals surface area contributed by atoms with Gasteiger partial charge in [-0.2, -0.15) is 5.10 Å². The van der Waals surface area contributed by atoms with Gasteiger partial charge in [0, 0.05) is 28.6 Å². The number of nitrogens with one attached hydrogen (secondary N) is 2. The summed E-state index contributed by atoms with van der Waals surface area (Å²) in [5.74, 6) is -0.0556. The van der Waals surface area contributed by atoms with Gasteiger partial charge in [0.05, 0.1) is 17.7 Å². The van der Waals surface area contributed by atoms with Crippen LogP contribution in [0.4, 0.5) is 0 Å². The van der Waals surface area contributed by atoms with Gasteiger partial charge in [0.1, 0.15) is 0 Å². The minimum atomic E-state index is -2.95. The Bertz CT molecular complexity index is 868. The molecular formula is C16H19N3O3S. The van der Waals surface area contributed by atoms with Gasteiger partial charge in [0.2, 0.25) is 5.91 Å². The lowest BCUT2D eigenvalue weighted by Crippen LogP contribution is -2.21. The largest absolute Gasteiger partial charge is 0.358 e. The highest BCUT2D eigenvalue weighted by Crippen LogP contribution is 2.21. The molecule has 1 aromatic heterocycles. The van der Waals surface area contributed by atoms with Crippen molar-refractivity contribution in [1.29, 1.82) is 0 Å². The summed E-state index contributed by atoms with van der Waals surface area (Å²) >= 11 is 0. The van der Waals surface area contributed by atoms with E-state index in [0.29, 0.717) is 6.42 Å². The van der Waals surface area contributed by atoms with E-state index in [-0.39, 0.29) is 29.8 Å². The van der Waals surface area contributed by atoms with Gasteiger partial charge in [-0.25, -0.2) is 13.8 Å². The number of nitrogens with zero attached hydrogens (tertiary/aromatic N) is 1. The second-order valence-corrected chi connectivity index (χ2v) is 8.20. The molecule has 3 rings (SSSR count). The molecule has 1 aliphatic rings. The van der Waals surface area contributed by atoms with Gasteiger partial charge in [0.15, 0.2) is 9.84 Å². The van der Waals surface area contributed by atoms with Crippen molar-refractivity contribution in [2.24, 2.45) is 11.0 Å². The van der Waals surface area contributed by atoms with E-state index in [1.165, 1.54) is 0 Å². The Morgan fingerprint density at radius 1 is 1.43 bits per heavy atom. The summed E-state index contributed by atoms with van der Waals surface area (Å²) in [4.78, 5) is 15.1. The summed E-state index contributed by atoms with van der Waals surface area (Å²) < 4.78 is 22.8. The van der Waals surface area contributed by atoms with E-state index in [4.69, 9.17) is 0 Å². The van der Waals surface area contributed by atoms with E-state index in [2.05, 4.69) is 15.5 Å². The highest BCUT2D eigenvalue weighted by Gasteiger charge is 2.29. The number of aryl methyl sites for hydroxylation is 1. The number of benzene rings is 1. The molecule has 2 heterocycles. The molecule has 1 amide bonds. The standard InChI is InChI=1S/C16H19N3O3S/c1-11-14(13-4-2-3-5-15(13)18-11)9-17-19-16(20)8-12-6-7-23(21,22)10-12/h2-5,9,12,18H,6-8,10H2,1H3,(H,19,20)/b17-9+/t12-/m1/s1. The number of fused-ring (bicyclic) bond motifs is 1. The smallest absolute Gasteiger partial charge is 0.240 e. The molecule has 122 valence electrons. The monoisotopic (exact) mass is 333 g/mol. The van der Waals surface area contributed by atoms with Gasteiger partial charge >= 0.3 is 0 Å². The number of hydrazone groups is 1. The predicted molar refractivity (Wildman–Crippen MR) is 90.2 cm³/mol. The van der Waals surface area contributed by atoms with Crippen LogP contribution in [0.25, 0.3) is 10.9 Å². The number of hydrogen-bond donors (Lipinski definition) is 2. The Hall–Kier alpha value is -2.15.